The van der Waals surface area contributed by atoms with Gasteiger partial charge in [-0.1, -0.05) is 30.3 Å². The summed E-state index contributed by atoms with van der Waals surface area (Å²) < 4.78 is 0. The molecule has 2 rings (SSSR count). The van der Waals surface area contributed by atoms with Crippen LogP contribution in [-0.4, -0.2) is 41.1 Å². The first-order valence-corrected chi connectivity index (χ1v) is 6.43. The fourth-order valence-corrected chi connectivity index (χ4v) is 2.27. The number of β-amino-alcohol motifs (C(OH)–C–C–N with tert-alkyl or cyclic N) is 1. The minimum absolute atomic E-state index is 0.0394. The van der Waals surface area contributed by atoms with Crippen molar-refractivity contribution in [1.29, 1.82) is 0 Å². The number of aryl methyl sites for hydroxylation is 1. The lowest BCUT2D eigenvalue weighted by Gasteiger charge is -2.20. The molecule has 4 heteroatoms. The molecule has 0 spiro atoms. The summed E-state index contributed by atoms with van der Waals surface area (Å²) in [5, 5.41) is 9.40. The highest BCUT2D eigenvalue weighted by atomic mass is 16.3. The fourth-order valence-electron chi connectivity index (χ4n) is 2.27. The number of benzene rings is 1. The van der Waals surface area contributed by atoms with E-state index in [0.717, 1.165) is 6.42 Å². The smallest absolute Gasteiger partial charge is 0.239 e. The quantitative estimate of drug-likeness (QED) is 0.817. The van der Waals surface area contributed by atoms with Gasteiger partial charge in [0, 0.05) is 13.1 Å². The number of carbonyl (C=O) groups is 1. The Hall–Kier alpha value is -1.39. The first-order valence-electron chi connectivity index (χ1n) is 6.43. The monoisotopic (exact) mass is 248 g/mol. The van der Waals surface area contributed by atoms with Crippen molar-refractivity contribution >= 4 is 5.91 Å². The van der Waals surface area contributed by atoms with Gasteiger partial charge in [-0.2, -0.15) is 0 Å². The van der Waals surface area contributed by atoms with Crippen LogP contribution in [-0.2, 0) is 11.2 Å². The van der Waals surface area contributed by atoms with Gasteiger partial charge in [0.1, 0.15) is 0 Å². The summed E-state index contributed by atoms with van der Waals surface area (Å²) in [5.41, 5.74) is 7.11. The normalized spacial score (nSPS) is 21.0. The molecule has 0 bridgehead atoms. The minimum atomic E-state index is -0.462. The van der Waals surface area contributed by atoms with E-state index in [2.05, 4.69) is 0 Å². The Morgan fingerprint density at radius 2 is 2.17 bits per heavy atom. The molecule has 1 saturated heterocycles. The van der Waals surface area contributed by atoms with Crippen LogP contribution in [0.4, 0.5) is 0 Å². The summed E-state index contributed by atoms with van der Waals surface area (Å²) in [6, 6.07) is 9.56. The van der Waals surface area contributed by atoms with Gasteiger partial charge in [0.2, 0.25) is 5.91 Å². The van der Waals surface area contributed by atoms with Crippen molar-refractivity contribution in [2.24, 2.45) is 5.73 Å². The highest BCUT2D eigenvalue weighted by Crippen LogP contribution is 2.12. The number of likely N-dealkylation sites (tertiary alicyclic amines) is 1. The van der Waals surface area contributed by atoms with E-state index >= 15 is 0 Å². The molecular formula is C14H20N2O2. The number of carbonyl (C=O) groups excluding carboxylic acids is 1. The largest absolute Gasteiger partial charge is 0.391 e. The third-order valence-corrected chi connectivity index (χ3v) is 3.38. The second-order valence-corrected chi connectivity index (χ2v) is 4.86. The van der Waals surface area contributed by atoms with E-state index in [9.17, 15) is 9.90 Å². The maximum absolute atomic E-state index is 12.0. The van der Waals surface area contributed by atoms with Crippen LogP contribution in [0.5, 0.6) is 0 Å². The topological polar surface area (TPSA) is 66.6 Å². The number of amides is 1. The molecule has 2 unspecified atom stereocenters. The van der Waals surface area contributed by atoms with Gasteiger partial charge < -0.3 is 15.7 Å². The number of hydrogen-bond donors (Lipinski definition) is 2. The predicted molar refractivity (Wildman–Crippen MR) is 69.9 cm³/mol. The van der Waals surface area contributed by atoms with Crippen LogP contribution in [0.3, 0.4) is 0 Å². The third-order valence-electron chi connectivity index (χ3n) is 3.38. The van der Waals surface area contributed by atoms with Crippen LogP contribution in [0, 0.1) is 0 Å². The van der Waals surface area contributed by atoms with Crippen molar-refractivity contribution in [1.82, 2.24) is 4.90 Å². The SMILES string of the molecule is NC(CCc1ccccc1)C(=O)N1CCC(O)C1. The fraction of sp³-hybridized carbons (Fsp3) is 0.500. The summed E-state index contributed by atoms with van der Waals surface area (Å²) in [7, 11) is 0. The van der Waals surface area contributed by atoms with Crippen molar-refractivity contribution in [2.45, 2.75) is 31.4 Å². The minimum Gasteiger partial charge on any atom is -0.391 e. The Morgan fingerprint density at radius 3 is 2.78 bits per heavy atom. The van der Waals surface area contributed by atoms with Gasteiger partial charge >= 0.3 is 0 Å². The lowest BCUT2D eigenvalue weighted by Crippen LogP contribution is -2.43. The van der Waals surface area contributed by atoms with Crippen molar-refractivity contribution < 1.29 is 9.90 Å². The van der Waals surface area contributed by atoms with E-state index in [1.807, 2.05) is 30.3 Å². The maximum atomic E-state index is 12.0. The van der Waals surface area contributed by atoms with E-state index in [4.69, 9.17) is 5.73 Å². The zero-order valence-corrected chi connectivity index (χ0v) is 10.5. The Labute approximate surface area is 107 Å². The number of rotatable bonds is 4. The molecule has 1 aromatic rings. The van der Waals surface area contributed by atoms with Gasteiger partial charge in [-0.15, -0.1) is 0 Å². The van der Waals surface area contributed by atoms with Gasteiger partial charge in [0.05, 0.1) is 12.1 Å². The van der Waals surface area contributed by atoms with Crippen molar-refractivity contribution in [3.8, 4) is 0 Å². The van der Waals surface area contributed by atoms with Crippen LogP contribution in [0.2, 0.25) is 0 Å². The van der Waals surface area contributed by atoms with Crippen LogP contribution >= 0.6 is 0 Å². The summed E-state index contributed by atoms with van der Waals surface area (Å²) in [6.45, 7) is 1.05. The number of aliphatic hydroxyl groups excluding tert-OH is 1. The van der Waals surface area contributed by atoms with Crippen LogP contribution in [0.1, 0.15) is 18.4 Å². The summed E-state index contributed by atoms with van der Waals surface area (Å²) in [4.78, 5) is 13.7. The number of hydrogen-bond acceptors (Lipinski definition) is 3. The van der Waals surface area contributed by atoms with Crippen LogP contribution in [0.25, 0.3) is 0 Å². The second-order valence-electron chi connectivity index (χ2n) is 4.86. The zero-order valence-electron chi connectivity index (χ0n) is 10.5. The highest BCUT2D eigenvalue weighted by molar-refractivity contribution is 5.81. The summed E-state index contributed by atoms with van der Waals surface area (Å²) >= 11 is 0. The standard InChI is InChI=1S/C14H20N2O2/c15-13(7-6-11-4-2-1-3-5-11)14(18)16-9-8-12(17)10-16/h1-5,12-13,17H,6-10,15H2. The summed E-state index contributed by atoms with van der Waals surface area (Å²) in [6.07, 6.45) is 1.74. The average Bonchev–Trinajstić information content (AvgIpc) is 2.83. The molecule has 1 aliphatic heterocycles. The maximum Gasteiger partial charge on any atom is 0.239 e. The molecule has 3 N–H and O–H groups in total. The molecule has 0 saturated carbocycles. The average molecular weight is 248 g/mol. The molecular weight excluding hydrogens is 228 g/mol. The zero-order chi connectivity index (χ0) is 13.0. The number of aliphatic hydroxyl groups is 1. The Kier molecular flexibility index (Phi) is 4.33. The molecule has 1 fully saturated rings. The van der Waals surface area contributed by atoms with Crippen molar-refractivity contribution in [2.75, 3.05) is 13.1 Å². The second kappa shape index (κ2) is 5.98. The summed E-state index contributed by atoms with van der Waals surface area (Å²) in [5.74, 6) is -0.0394. The Morgan fingerprint density at radius 1 is 1.44 bits per heavy atom. The van der Waals surface area contributed by atoms with Crippen LogP contribution in [0.15, 0.2) is 30.3 Å². The Bertz CT molecular complexity index is 394. The van der Waals surface area contributed by atoms with E-state index in [1.54, 1.807) is 4.90 Å². The van der Waals surface area contributed by atoms with E-state index < -0.39 is 6.04 Å². The van der Waals surface area contributed by atoms with E-state index in [-0.39, 0.29) is 12.0 Å². The molecule has 0 aliphatic carbocycles. The van der Waals surface area contributed by atoms with Gasteiger partial charge in [0.25, 0.3) is 0 Å². The van der Waals surface area contributed by atoms with Crippen LogP contribution < -0.4 is 5.73 Å². The predicted octanol–water partition coefficient (Wildman–Crippen LogP) is 0.540. The molecule has 98 valence electrons. The lowest BCUT2D eigenvalue weighted by atomic mass is 10.1. The third kappa shape index (κ3) is 3.31. The van der Waals surface area contributed by atoms with Gasteiger partial charge in [-0.25, -0.2) is 0 Å². The van der Waals surface area contributed by atoms with Gasteiger partial charge in [-0.3, -0.25) is 4.79 Å². The van der Waals surface area contributed by atoms with Crippen molar-refractivity contribution in [3.05, 3.63) is 35.9 Å². The van der Waals surface area contributed by atoms with E-state index in [0.29, 0.717) is 25.9 Å². The molecule has 0 radical (unpaired) electrons. The van der Waals surface area contributed by atoms with E-state index in [1.165, 1.54) is 5.56 Å². The number of nitrogens with two attached hydrogens (primary N) is 1. The first kappa shape index (κ1) is 13.1. The molecule has 1 amide bonds. The van der Waals surface area contributed by atoms with Gasteiger partial charge in [0.15, 0.2) is 0 Å². The lowest BCUT2D eigenvalue weighted by molar-refractivity contribution is -0.132. The Balaban J connectivity index is 1.81. The molecule has 0 aromatic heterocycles. The molecule has 1 heterocycles. The molecule has 1 aliphatic rings. The number of nitrogens with zero attached hydrogens (tertiary/aromatic N) is 1. The highest BCUT2D eigenvalue weighted by Gasteiger charge is 2.27. The molecule has 18 heavy (non-hydrogen) atoms. The first-order chi connectivity index (χ1) is 8.66. The molecule has 2 atom stereocenters. The van der Waals surface area contributed by atoms with Crippen molar-refractivity contribution in [3.63, 3.8) is 0 Å². The molecule has 4 nitrogen and oxygen atoms in total. The van der Waals surface area contributed by atoms with Gasteiger partial charge in [-0.05, 0) is 24.8 Å². The molecule has 1 aromatic carbocycles.